The SMILES string of the molecule is CCC1CN(c2c(C)cc(Br)cc2C)C(C(C)C)CN1. The van der Waals surface area contributed by atoms with Crippen LogP contribution < -0.4 is 10.2 Å². The molecule has 1 heterocycles. The van der Waals surface area contributed by atoms with E-state index < -0.39 is 0 Å². The molecule has 112 valence electrons. The van der Waals surface area contributed by atoms with Crippen LogP contribution in [0.4, 0.5) is 5.69 Å². The van der Waals surface area contributed by atoms with Gasteiger partial charge >= 0.3 is 0 Å². The topological polar surface area (TPSA) is 15.3 Å². The number of piperazine rings is 1. The number of rotatable bonds is 3. The van der Waals surface area contributed by atoms with E-state index in [0.29, 0.717) is 18.0 Å². The van der Waals surface area contributed by atoms with E-state index in [9.17, 15) is 0 Å². The number of nitrogens with zero attached hydrogens (tertiary/aromatic N) is 1. The Hall–Kier alpha value is -0.540. The van der Waals surface area contributed by atoms with E-state index in [-0.39, 0.29) is 0 Å². The molecule has 3 heteroatoms. The van der Waals surface area contributed by atoms with Crippen molar-refractivity contribution >= 4 is 21.6 Å². The third kappa shape index (κ3) is 3.20. The maximum absolute atomic E-state index is 3.70. The predicted molar refractivity (Wildman–Crippen MR) is 91.7 cm³/mol. The summed E-state index contributed by atoms with van der Waals surface area (Å²) >= 11 is 3.61. The Morgan fingerprint density at radius 2 is 1.90 bits per heavy atom. The Balaban J connectivity index is 2.40. The Bertz CT molecular complexity index is 447. The Kier molecular flexibility index (Phi) is 5.14. The van der Waals surface area contributed by atoms with Crippen molar-refractivity contribution in [3.63, 3.8) is 0 Å². The van der Waals surface area contributed by atoms with Crippen molar-refractivity contribution in [1.29, 1.82) is 0 Å². The number of nitrogens with one attached hydrogen (secondary N) is 1. The van der Waals surface area contributed by atoms with Crippen molar-refractivity contribution in [1.82, 2.24) is 5.32 Å². The van der Waals surface area contributed by atoms with E-state index in [0.717, 1.165) is 13.1 Å². The van der Waals surface area contributed by atoms with E-state index in [1.165, 1.54) is 27.7 Å². The predicted octanol–water partition coefficient (Wildman–Crippen LogP) is 4.28. The van der Waals surface area contributed by atoms with E-state index in [2.05, 4.69) is 72.9 Å². The average molecular weight is 339 g/mol. The van der Waals surface area contributed by atoms with Crippen molar-refractivity contribution in [2.24, 2.45) is 5.92 Å². The first-order valence-electron chi connectivity index (χ1n) is 7.70. The van der Waals surface area contributed by atoms with Gasteiger partial charge in [-0.2, -0.15) is 0 Å². The van der Waals surface area contributed by atoms with E-state index >= 15 is 0 Å². The Labute approximate surface area is 132 Å². The van der Waals surface area contributed by atoms with Crippen LogP contribution in [0.25, 0.3) is 0 Å². The highest BCUT2D eigenvalue weighted by Crippen LogP contribution is 2.32. The van der Waals surface area contributed by atoms with Gasteiger partial charge in [0.2, 0.25) is 0 Å². The summed E-state index contributed by atoms with van der Waals surface area (Å²) in [7, 11) is 0. The number of aryl methyl sites for hydroxylation is 2. The molecule has 2 unspecified atom stereocenters. The van der Waals surface area contributed by atoms with Crippen molar-refractivity contribution in [2.45, 2.75) is 53.1 Å². The lowest BCUT2D eigenvalue weighted by Crippen LogP contribution is -2.58. The second-order valence-electron chi connectivity index (χ2n) is 6.37. The molecule has 1 aliphatic heterocycles. The van der Waals surface area contributed by atoms with Gasteiger partial charge in [0, 0.05) is 35.3 Å². The minimum Gasteiger partial charge on any atom is -0.365 e. The lowest BCUT2D eigenvalue weighted by Gasteiger charge is -2.45. The van der Waals surface area contributed by atoms with Crippen molar-refractivity contribution in [3.05, 3.63) is 27.7 Å². The lowest BCUT2D eigenvalue weighted by atomic mass is 9.95. The maximum atomic E-state index is 3.70. The van der Waals surface area contributed by atoms with Crippen LogP contribution >= 0.6 is 15.9 Å². The van der Waals surface area contributed by atoms with Crippen LogP contribution in [0.15, 0.2) is 16.6 Å². The summed E-state index contributed by atoms with van der Waals surface area (Å²) in [6.07, 6.45) is 1.19. The van der Waals surface area contributed by atoms with Gasteiger partial charge in [-0.05, 0) is 49.4 Å². The average Bonchev–Trinajstić information content (AvgIpc) is 2.37. The summed E-state index contributed by atoms with van der Waals surface area (Å²) in [5, 5.41) is 3.70. The fraction of sp³-hybridized carbons (Fsp3) is 0.647. The summed E-state index contributed by atoms with van der Waals surface area (Å²) in [5.41, 5.74) is 4.19. The zero-order chi connectivity index (χ0) is 14.9. The molecule has 20 heavy (non-hydrogen) atoms. The summed E-state index contributed by atoms with van der Waals surface area (Å²) in [6, 6.07) is 5.66. The molecular weight excluding hydrogens is 312 g/mol. The molecule has 1 N–H and O–H groups in total. The second-order valence-corrected chi connectivity index (χ2v) is 7.28. The van der Waals surface area contributed by atoms with Gasteiger partial charge in [0.05, 0.1) is 0 Å². The van der Waals surface area contributed by atoms with Gasteiger partial charge in [0.25, 0.3) is 0 Å². The molecule has 0 radical (unpaired) electrons. The van der Waals surface area contributed by atoms with E-state index in [1.807, 2.05) is 0 Å². The second kappa shape index (κ2) is 6.48. The molecule has 2 atom stereocenters. The monoisotopic (exact) mass is 338 g/mol. The number of hydrogen-bond acceptors (Lipinski definition) is 2. The number of benzene rings is 1. The van der Waals surface area contributed by atoms with Gasteiger partial charge in [0.15, 0.2) is 0 Å². The molecule has 0 bridgehead atoms. The molecule has 2 rings (SSSR count). The van der Waals surface area contributed by atoms with Crippen LogP contribution in [0.5, 0.6) is 0 Å². The van der Waals surface area contributed by atoms with Crippen LogP contribution in [-0.4, -0.2) is 25.2 Å². The highest BCUT2D eigenvalue weighted by molar-refractivity contribution is 9.10. The van der Waals surface area contributed by atoms with Gasteiger partial charge in [-0.25, -0.2) is 0 Å². The molecule has 1 aliphatic rings. The minimum absolute atomic E-state index is 0.580. The van der Waals surface area contributed by atoms with Crippen molar-refractivity contribution in [3.8, 4) is 0 Å². The molecule has 2 nitrogen and oxygen atoms in total. The largest absolute Gasteiger partial charge is 0.365 e. The first-order chi connectivity index (χ1) is 9.43. The molecule has 0 aliphatic carbocycles. The standard InChI is InChI=1S/C17H27BrN2/c1-6-15-10-20(16(9-19-15)11(2)3)17-12(4)7-14(18)8-13(17)5/h7-8,11,15-16,19H,6,9-10H2,1-5H3. The quantitative estimate of drug-likeness (QED) is 0.884. The van der Waals surface area contributed by atoms with Crippen molar-refractivity contribution in [2.75, 3.05) is 18.0 Å². The highest BCUT2D eigenvalue weighted by Gasteiger charge is 2.30. The molecule has 0 aromatic heterocycles. The first-order valence-corrected chi connectivity index (χ1v) is 8.50. The molecule has 1 aromatic carbocycles. The summed E-state index contributed by atoms with van der Waals surface area (Å²) in [5.74, 6) is 0.655. The zero-order valence-corrected chi connectivity index (χ0v) is 14.9. The maximum Gasteiger partial charge on any atom is 0.0438 e. The Morgan fingerprint density at radius 1 is 1.30 bits per heavy atom. The number of halogens is 1. The van der Waals surface area contributed by atoms with Gasteiger partial charge in [-0.3, -0.25) is 0 Å². The molecule has 0 amide bonds. The number of anilines is 1. The van der Waals surface area contributed by atoms with Gasteiger partial charge < -0.3 is 10.2 Å². The van der Waals surface area contributed by atoms with Crippen molar-refractivity contribution < 1.29 is 0 Å². The molecule has 1 saturated heterocycles. The third-order valence-corrected chi connectivity index (χ3v) is 4.90. The van der Waals surface area contributed by atoms with Crippen LogP contribution in [0.1, 0.15) is 38.3 Å². The van der Waals surface area contributed by atoms with E-state index in [4.69, 9.17) is 0 Å². The van der Waals surface area contributed by atoms with E-state index in [1.54, 1.807) is 0 Å². The zero-order valence-electron chi connectivity index (χ0n) is 13.3. The minimum atomic E-state index is 0.580. The summed E-state index contributed by atoms with van der Waals surface area (Å²) in [6.45, 7) is 13.6. The molecule has 0 saturated carbocycles. The normalized spacial score (nSPS) is 23.4. The smallest absolute Gasteiger partial charge is 0.0438 e. The van der Waals surface area contributed by atoms with Crippen LogP contribution in [0, 0.1) is 19.8 Å². The molecule has 1 fully saturated rings. The lowest BCUT2D eigenvalue weighted by molar-refractivity contribution is 0.333. The molecule has 1 aromatic rings. The first kappa shape index (κ1) is 15.8. The van der Waals surface area contributed by atoms with Crippen LogP contribution in [-0.2, 0) is 0 Å². The molecule has 0 spiro atoms. The highest BCUT2D eigenvalue weighted by atomic mass is 79.9. The van der Waals surface area contributed by atoms with Gasteiger partial charge in [0.1, 0.15) is 0 Å². The van der Waals surface area contributed by atoms with Crippen LogP contribution in [0.3, 0.4) is 0 Å². The van der Waals surface area contributed by atoms with Gasteiger partial charge in [-0.1, -0.05) is 36.7 Å². The third-order valence-electron chi connectivity index (χ3n) is 4.44. The summed E-state index contributed by atoms with van der Waals surface area (Å²) < 4.78 is 1.18. The van der Waals surface area contributed by atoms with Gasteiger partial charge in [-0.15, -0.1) is 0 Å². The fourth-order valence-electron chi connectivity index (χ4n) is 3.32. The Morgan fingerprint density at radius 3 is 2.40 bits per heavy atom. The fourth-order valence-corrected chi connectivity index (χ4v) is 4.00. The molecular formula is C17H27BrN2. The van der Waals surface area contributed by atoms with Crippen LogP contribution in [0.2, 0.25) is 0 Å². The summed E-state index contributed by atoms with van der Waals surface area (Å²) in [4.78, 5) is 2.65. The number of hydrogen-bond donors (Lipinski definition) is 1.